The van der Waals surface area contributed by atoms with Crippen molar-refractivity contribution in [3.8, 4) is 5.88 Å². The third-order valence-corrected chi connectivity index (χ3v) is 3.96. The molecular formula is C18H24ClF3IN5O2. The van der Waals surface area contributed by atoms with Gasteiger partial charge in [-0.1, -0.05) is 32.4 Å². The molecule has 2 aromatic rings. The Labute approximate surface area is 194 Å². The normalized spacial score (nSPS) is 12.3. The SMILES string of the molecule is CN=C(NCCOc1ncc(C(F)(F)F)cc1Cl)NCc1ncc(C(C)(C)C)o1.I. The lowest BCUT2D eigenvalue weighted by Crippen LogP contribution is -2.39. The minimum atomic E-state index is -4.51. The van der Waals surface area contributed by atoms with E-state index in [2.05, 4.69) is 25.6 Å². The van der Waals surface area contributed by atoms with Crippen LogP contribution >= 0.6 is 35.6 Å². The van der Waals surface area contributed by atoms with E-state index in [-0.39, 0.29) is 46.9 Å². The predicted octanol–water partition coefficient (Wildman–Crippen LogP) is 4.40. The summed E-state index contributed by atoms with van der Waals surface area (Å²) in [7, 11) is 1.60. The Kier molecular flexibility index (Phi) is 9.66. The van der Waals surface area contributed by atoms with Crippen molar-refractivity contribution >= 4 is 41.5 Å². The van der Waals surface area contributed by atoms with E-state index in [1.807, 2.05) is 20.8 Å². The molecule has 0 aromatic carbocycles. The largest absolute Gasteiger partial charge is 0.475 e. The molecule has 0 saturated carbocycles. The van der Waals surface area contributed by atoms with Crippen molar-refractivity contribution in [1.29, 1.82) is 0 Å². The lowest BCUT2D eigenvalue weighted by atomic mass is 9.94. The number of pyridine rings is 1. The molecule has 30 heavy (non-hydrogen) atoms. The van der Waals surface area contributed by atoms with Crippen LogP contribution in [0.3, 0.4) is 0 Å². The third kappa shape index (κ3) is 7.82. The van der Waals surface area contributed by atoms with Crippen molar-refractivity contribution in [2.24, 2.45) is 4.99 Å². The van der Waals surface area contributed by atoms with E-state index in [1.54, 1.807) is 13.2 Å². The highest BCUT2D eigenvalue weighted by Gasteiger charge is 2.31. The fraction of sp³-hybridized carbons (Fsp3) is 0.500. The van der Waals surface area contributed by atoms with Crippen LogP contribution in [0.25, 0.3) is 0 Å². The Hall–Kier alpha value is -1.76. The van der Waals surface area contributed by atoms with Crippen molar-refractivity contribution in [2.75, 3.05) is 20.2 Å². The van der Waals surface area contributed by atoms with Crippen LogP contribution in [0.1, 0.15) is 38.0 Å². The van der Waals surface area contributed by atoms with Gasteiger partial charge < -0.3 is 19.8 Å². The summed E-state index contributed by atoms with van der Waals surface area (Å²) in [6.45, 7) is 6.86. The number of rotatable bonds is 6. The van der Waals surface area contributed by atoms with E-state index >= 15 is 0 Å². The second kappa shape index (κ2) is 11.0. The maximum Gasteiger partial charge on any atom is 0.417 e. The van der Waals surface area contributed by atoms with Gasteiger partial charge in [0.2, 0.25) is 11.8 Å². The third-order valence-electron chi connectivity index (χ3n) is 3.69. The highest BCUT2D eigenvalue weighted by atomic mass is 127. The van der Waals surface area contributed by atoms with Gasteiger partial charge in [0, 0.05) is 18.7 Å². The molecule has 0 unspecified atom stereocenters. The number of alkyl halides is 3. The lowest BCUT2D eigenvalue weighted by molar-refractivity contribution is -0.137. The first kappa shape index (κ1) is 26.3. The van der Waals surface area contributed by atoms with Gasteiger partial charge in [0.15, 0.2) is 5.96 Å². The fourth-order valence-corrected chi connectivity index (χ4v) is 2.34. The van der Waals surface area contributed by atoms with E-state index in [1.165, 1.54) is 0 Å². The number of hydrogen-bond donors (Lipinski definition) is 2. The van der Waals surface area contributed by atoms with Crippen LogP contribution in [0, 0.1) is 0 Å². The van der Waals surface area contributed by atoms with Gasteiger partial charge >= 0.3 is 6.18 Å². The van der Waals surface area contributed by atoms with Crippen LogP contribution in [0.15, 0.2) is 27.9 Å². The topological polar surface area (TPSA) is 84.6 Å². The molecule has 0 aliphatic carbocycles. The smallest absolute Gasteiger partial charge is 0.417 e. The molecule has 0 atom stereocenters. The van der Waals surface area contributed by atoms with Gasteiger partial charge in [0.25, 0.3) is 0 Å². The van der Waals surface area contributed by atoms with Gasteiger partial charge in [-0.3, -0.25) is 4.99 Å². The number of oxazole rings is 1. The zero-order valence-electron chi connectivity index (χ0n) is 16.9. The van der Waals surface area contributed by atoms with E-state index < -0.39 is 11.7 Å². The number of aliphatic imine (C=N–C) groups is 1. The maximum absolute atomic E-state index is 12.6. The molecule has 0 fully saturated rings. The van der Waals surface area contributed by atoms with E-state index in [0.29, 0.717) is 31.1 Å². The molecule has 7 nitrogen and oxygen atoms in total. The number of aromatic nitrogens is 2. The highest BCUT2D eigenvalue weighted by Crippen LogP contribution is 2.33. The second-order valence-corrected chi connectivity index (χ2v) is 7.49. The molecule has 0 bridgehead atoms. The van der Waals surface area contributed by atoms with Gasteiger partial charge in [0.1, 0.15) is 17.4 Å². The molecule has 0 amide bonds. The van der Waals surface area contributed by atoms with E-state index in [4.69, 9.17) is 20.8 Å². The van der Waals surface area contributed by atoms with Crippen molar-refractivity contribution in [3.63, 3.8) is 0 Å². The molecule has 168 valence electrons. The number of nitrogens with zero attached hydrogens (tertiary/aromatic N) is 3. The Morgan fingerprint density at radius 2 is 1.90 bits per heavy atom. The van der Waals surface area contributed by atoms with Crippen LogP contribution in [0.5, 0.6) is 5.88 Å². The average molecular weight is 562 g/mol. The van der Waals surface area contributed by atoms with Crippen LogP contribution in [-0.2, 0) is 18.1 Å². The first-order chi connectivity index (χ1) is 13.5. The van der Waals surface area contributed by atoms with Crippen molar-refractivity contribution in [3.05, 3.63) is 40.7 Å². The molecule has 2 N–H and O–H groups in total. The Balaban J connectivity index is 0.00000450. The van der Waals surface area contributed by atoms with Gasteiger partial charge in [-0.15, -0.1) is 24.0 Å². The molecule has 2 aromatic heterocycles. The lowest BCUT2D eigenvalue weighted by Gasteiger charge is -2.14. The zero-order chi connectivity index (χ0) is 21.7. The Morgan fingerprint density at radius 1 is 1.20 bits per heavy atom. The number of ether oxygens (including phenoxy) is 1. The van der Waals surface area contributed by atoms with E-state index in [0.717, 1.165) is 11.8 Å². The van der Waals surface area contributed by atoms with Crippen LogP contribution < -0.4 is 15.4 Å². The van der Waals surface area contributed by atoms with E-state index in [9.17, 15) is 13.2 Å². The number of halogens is 5. The molecule has 0 spiro atoms. The van der Waals surface area contributed by atoms with Crippen molar-refractivity contribution in [2.45, 2.75) is 38.9 Å². The van der Waals surface area contributed by atoms with Crippen LogP contribution in [-0.4, -0.2) is 36.1 Å². The quantitative estimate of drug-likeness (QED) is 0.235. The van der Waals surface area contributed by atoms with Gasteiger partial charge in [-0.2, -0.15) is 13.2 Å². The summed E-state index contributed by atoms with van der Waals surface area (Å²) in [5.41, 5.74) is -1.06. The number of hydrogen-bond acceptors (Lipinski definition) is 5. The molecular weight excluding hydrogens is 538 g/mol. The number of nitrogens with one attached hydrogen (secondary N) is 2. The Bertz CT molecular complexity index is 853. The standard InChI is InChI=1S/C18H23ClF3N5O2.HI/c1-17(2,3)13-9-25-14(29-13)10-27-16(23-4)24-5-6-28-15-12(19)7-11(8-26-15)18(20,21)22;/h7-9H,5-6,10H2,1-4H3,(H2,23,24,27);1H. The monoisotopic (exact) mass is 561 g/mol. The average Bonchev–Trinajstić information content (AvgIpc) is 3.10. The van der Waals surface area contributed by atoms with Gasteiger partial charge in [0.05, 0.1) is 24.8 Å². The fourth-order valence-electron chi connectivity index (χ4n) is 2.12. The summed E-state index contributed by atoms with van der Waals surface area (Å²) < 4.78 is 48.8. The predicted molar refractivity (Wildman–Crippen MR) is 119 cm³/mol. The summed E-state index contributed by atoms with van der Waals surface area (Å²) in [6.07, 6.45) is -2.13. The summed E-state index contributed by atoms with van der Waals surface area (Å²) in [6, 6.07) is 0.778. The molecule has 12 heteroatoms. The molecule has 0 radical (unpaired) electrons. The number of guanidine groups is 1. The summed E-state index contributed by atoms with van der Waals surface area (Å²) in [5.74, 6) is 1.72. The van der Waals surface area contributed by atoms with Crippen LogP contribution in [0.2, 0.25) is 5.02 Å². The summed E-state index contributed by atoms with van der Waals surface area (Å²) in [4.78, 5) is 11.9. The zero-order valence-corrected chi connectivity index (χ0v) is 20.0. The summed E-state index contributed by atoms with van der Waals surface area (Å²) in [5, 5.41) is 5.83. The minimum absolute atomic E-state index is 0. The first-order valence-electron chi connectivity index (χ1n) is 8.76. The molecule has 0 aliphatic rings. The minimum Gasteiger partial charge on any atom is -0.475 e. The van der Waals surface area contributed by atoms with Gasteiger partial charge in [-0.25, -0.2) is 9.97 Å². The maximum atomic E-state index is 12.6. The van der Waals surface area contributed by atoms with Crippen LogP contribution in [0.4, 0.5) is 13.2 Å². The molecule has 2 heterocycles. The summed E-state index contributed by atoms with van der Waals surface area (Å²) >= 11 is 5.79. The van der Waals surface area contributed by atoms with Gasteiger partial charge in [-0.05, 0) is 6.07 Å². The molecule has 2 rings (SSSR count). The molecule has 0 saturated heterocycles. The second-order valence-electron chi connectivity index (χ2n) is 7.08. The molecule has 0 aliphatic heterocycles. The van der Waals surface area contributed by atoms with Crippen molar-refractivity contribution < 1.29 is 22.3 Å². The first-order valence-corrected chi connectivity index (χ1v) is 9.13. The van der Waals surface area contributed by atoms with Crippen molar-refractivity contribution in [1.82, 2.24) is 20.6 Å². The highest BCUT2D eigenvalue weighted by molar-refractivity contribution is 14.0. The Morgan fingerprint density at radius 3 is 2.43 bits per heavy atom.